The van der Waals surface area contributed by atoms with E-state index in [1.54, 1.807) is 24.3 Å². The van der Waals surface area contributed by atoms with Crippen LogP contribution in [0.15, 0.2) is 66.4 Å². The second-order valence-corrected chi connectivity index (χ2v) is 8.21. The number of rotatable bonds is 3. The minimum Gasteiger partial charge on any atom is -0.507 e. The Morgan fingerprint density at radius 1 is 0.939 bits per heavy atom. The molecule has 0 bridgehead atoms. The molecule has 0 saturated carbocycles. The van der Waals surface area contributed by atoms with E-state index in [0.29, 0.717) is 11.3 Å². The van der Waals surface area contributed by atoms with Gasteiger partial charge in [-0.25, -0.2) is 8.78 Å². The van der Waals surface area contributed by atoms with Crippen LogP contribution in [0.1, 0.15) is 41.3 Å². The molecule has 5 rings (SSSR count). The van der Waals surface area contributed by atoms with Crippen LogP contribution in [0.4, 0.5) is 14.5 Å². The Bertz CT molecular complexity index is 1300. The molecule has 33 heavy (non-hydrogen) atoms. The predicted octanol–water partition coefficient (Wildman–Crippen LogP) is 4.86. The minimum absolute atomic E-state index is 0.00357. The maximum atomic E-state index is 14.0. The number of aliphatic hydroxyl groups is 1. The van der Waals surface area contributed by atoms with Gasteiger partial charge in [-0.1, -0.05) is 18.2 Å². The predicted molar refractivity (Wildman–Crippen MR) is 118 cm³/mol. The lowest BCUT2D eigenvalue weighted by Gasteiger charge is -2.24. The lowest BCUT2D eigenvalue weighted by Crippen LogP contribution is -2.30. The number of fused-ring (bicyclic) bond motifs is 1. The smallest absolute Gasteiger partial charge is 0.300 e. The van der Waals surface area contributed by atoms with Gasteiger partial charge in [0, 0.05) is 23.5 Å². The molecule has 1 N–H and O–H groups in total. The number of ketones is 1. The fourth-order valence-corrected chi connectivity index (χ4v) is 4.59. The number of hydrogen-bond acceptors (Lipinski definition) is 4. The van der Waals surface area contributed by atoms with Gasteiger partial charge in [0.25, 0.3) is 11.7 Å². The number of nitrogens with zero attached hydrogens (tertiary/aromatic N) is 2. The summed E-state index contributed by atoms with van der Waals surface area (Å²) in [5.74, 6) is -4.40. The van der Waals surface area contributed by atoms with Crippen molar-refractivity contribution in [3.8, 4) is 0 Å². The van der Waals surface area contributed by atoms with Gasteiger partial charge < -0.3 is 5.11 Å². The number of aliphatic hydroxyl groups excluding tert-OH is 1. The van der Waals surface area contributed by atoms with Gasteiger partial charge in [-0.05, 0) is 67.1 Å². The second-order valence-electron chi connectivity index (χ2n) is 8.21. The van der Waals surface area contributed by atoms with E-state index in [1.807, 2.05) is 12.1 Å². The summed E-state index contributed by atoms with van der Waals surface area (Å²) in [5.41, 5.74) is 2.92. The molecule has 1 aliphatic carbocycles. The zero-order valence-corrected chi connectivity index (χ0v) is 17.6. The summed E-state index contributed by atoms with van der Waals surface area (Å²) in [7, 11) is 0. The van der Waals surface area contributed by atoms with Gasteiger partial charge in [0.05, 0.1) is 11.3 Å². The van der Waals surface area contributed by atoms with E-state index >= 15 is 0 Å². The number of Topliss-reactive ketones (excluding diaryl/α,β-unsaturated/α-hetero) is 1. The molecule has 3 aromatic rings. The third-order valence-corrected chi connectivity index (χ3v) is 6.22. The Morgan fingerprint density at radius 3 is 2.45 bits per heavy atom. The highest BCUT2D eigenvalue weighted by atomic mass is 19.2. The number of aryl methyl sites for hydroxylation is 2. The van der Waals surface area contributed by atoms with Crippen LogP contribution in [0, 0.1) is 11.6 Å². The Morgan fingerprint density at radius 2 is 1.73 bits per heavy atom. The number of halogens is 2. The minimum atomic E-state index is -1.15. The van der Waals surface area contributed by atoms with E-state index in [2.05, 4.69) is 4.98 Å². The van der Waals surface area contributed by atoms with Crippen molar-refractivity contribution in [1.82, 2.24) is 4.98 Å². The highest BCUT2D eigenvalue weighted by Crippen LogP contribution is 2.42. The average Bonchev–Trinajstić information content (AvgIpc) is 3.11. The number of carbonyl (C=O) groups excluding carboxylic acids is 2. The molecule has 1 unspecified atom stereocenters. The van der Waals surface area contributed by atoms with E-state index in [9.17, 15) is 23.5 Å². The molecule has 1 amide bonds. The second kappa shape index (κ2) is 8.24. The van der Waals surface area contributed by atoms with Gasteiger partial charge in [-0.2, -0.15) is 0 Å². The Labute approximate surface area is 189 Å². The van der Waals surface area contributed by atoms with Crippen molar-refractivity contribution in [3.05, 3.63) is 100 Å². The molecule has 1 saturated heterocycles. The molecular weight excluding hydrogens is 426 g/mol. The number of anilines is 1. The van der Waals surface area contributed by atoms with Gasteiger partial charge in [-0.15, -0.1) is 0 Å². The summed E-state index contributed by atoms with van der Waals surface area (Å²) < 4.78 is 27.5. The molecule has 7 heteroatoms. The van der Waals surface area contributed by atoms with Crippen molar-refractivity contribution >= 4 is 23.1 Å². The van der Waals surface area contributed by atoms with Gasteiger partial charge in [0.1, 0.15) is 11.8 Å². The first-order valence-electron chi connectivity index (χ1n) is 10.7. The Kier molecular flexibility index (Phi) is 5.24. The molecule has 0 radical (unpaired) electrons. The maximum absolute atomic E-state index is 14.0. The molecule has 2 aliphatic rings. The number of aromatic nitrogens is 1. The van der Waals surface area contributed by atoms with Crippen LogP contribution in [0.2, 0.25) is 0 Å². The van der Waals surface area contributed by atoms with Crippen LogP contribution in [-0.4, -0.2) is 21.8 Å². The Hall–Kier alpha value is -3.87. The molecule has 1 aliphatic heterocycles. The molecule has 1 fully saturated rings. The Balaban J connectivity index is 1.69. The summed E-state index contributed by atoms with van der Waals surface area (Å²) in [5, 5.41) is 11.2. The zero-order valence-electron chi connectivity index (χ0n) is 17.6. The standard InChI is InChI=1S/C26H20F2N2O3/c27-19-11-10-18(14-20(19)28)30-23(21-7-3-4-12-29-21)22(25(32)26(30)33)24(31)17-9-8-15-5-1-2-6-16(15)13-17/h3-4,7-14,23,31H,1-2,5-6H2/b24-22-. The summed E-state index contributed by atoms with van der Waals surface area (Å²) in [6, 6.07) is 12.4. The van der Waals surface area contributed by atoms with E-state index < -0.39 is 29.4 Å². The maximum Gasteiger partial charge on any atom is 0.300 e. The first kappa shape index (κ1) is 21.0. The van der Waals surface area contributed by atoms with E-state index in [1.165, 1.54) is 17.8 Å². The van der Waals surface area contributed by atoms with Gasteiger partial charge in [-0.3, -0.25) is 19.5 Å². The van der Waals surface area contributed by atoms with E-state index in [-0.39, 0.29) is 17.0 Å². The largest absolute Gasteiger partial charge is 0.507 e. The molecule has 0 spiro atoms. The quantitative estimate of drug-likeness (QED) is 0.354. The molecule has 1 atom stereocenters. The summed E-state index contributed by atoms with van der Waals surface area (Å²) in [6.45, 7) is 0. The van der Waals surface area contributed by atoms with Crippen LogP contribution in [0.3, 0.4) is 0 Å². The highest BCUT2D eigenvalue weighted by Gasteiger charge is 2.47. The van der Waals surface area contributed by atoms with Crippen molar-refractivity contribution in [2.75, 3.05) is 4.90 Å². The van der Waals surface area contributed by atoms with E-state index in [0.717, 1.165) is 48.3 Å². The van der Waals surface area contributed by atoms with Crippen LogP contribution < -0.4 is 4.90 Å². The number of benzene rings is 2. The van der Waals surface area contributed by atoms with Crippen LogP contribution in [0.25, 0.3) is 5.76 Å². The van der Waals surface area contributed by atoms with Crippen molar-refractivity contribution < 1.29 is 23.5 Å². The molecular formula is C26H20F2N2O3. The molecule has 2 aromatic carbocycles. The van der Waals surface area contributed by atoms with Crippen molar-refractivity contribution in [1.29, 1.82) is 0 Å². The first-order valence-corrected chi connectivity index (χ1v) is 10.7. The lowest BCUT2D eigenvalue weighted by molar-refractivity contribution is -0.132. The van der Waals surface area contributed by atoms with Crippen LogP contribution in [-0.2, 0) is 22.4 Å². The lowest BCUT2D eigenvalue weighted by atomic mass is 9.89. The summed E-state index contributed by atoms with van der Waals surface area (Å²) >= 11 is 0. The molecule has 1 aromatic heterocycles. The van der Waals surface area contributed by atoms with Crippen LogP contribution in [0.5, 0.6) is 0 Å². The zero-order chi connectivity index (χ0) is 23.1. The monoisotopic (exact) mass is 446 g/mol. The first-order chi connectivity index (χ1) is 16.0. The number of hydrogen-bond donors (Lipinski definition) is 1. The van der Waals surface area contributed by atoms with Crippen LogP contribution >= 0.6 is 0 Å². The van der Waals surface area contributed by atoms with Crippen molar-refractivity contribution in [3.63, 3.8) is 0 Å². The third-order valence-electron chi connectivity index (χ3n) is 6.22. The number of carbonyl (C=O) groups is 2. The fourth-order valence-electron chi connectivity index (χ4n) is 4.59. The summed E-state index contributed by atoms with van der Waals surface area (Å²) in [6.07, 6.45) is 5.50. The van der Waals surface area contributed by atoms with Crippen molar-refractivity contribution in [2.45, 2.75) is 31.7 Å². The third kappa shape index (κ3) is 3.59. The molecule has 5 nitrogen and oxygen atoms in total. The van der Waals surface area contributed by atoms with Gasteiger partial charge in [0.2, 0.25) is 0 Å². The normalized spacial score (nSPS) is 19.6. The molecule has 166 valence electrons. The van der Waals surface area contributed by atoms with Crippen molar-refractivity contribution in [2.24, 2.45) is 0 Å². The summed E-state index contributed by atoms with van der Waals surface area (Å²) in [4.78, 5) is 31.5. The SMILES string of the molecule is O=C1C(=O)N(c2ccc(F)c(F)c2)C(c2ccccn2)/C1=C(/O)c1ccc2c(c1)CCCC2. The molecule has 2 heterocycles. The number of amides is 1. The van der Waals surface area contributed by atoms with Gasteiger partial charge >= 0.3 is 0 Å². The topological polar surface area (TPSA) is 70.5 Å². The fraction of sp³-hybridized carbons (Fsp3) is 0.192. The average molecular weight is 446 g/mol. The van der Waals surface area contributed by atoms with Gasteiger partial charge in [0.15, 0.2) is 11.6 Å². The number of pyridine rings is 1. The highest BCUT2D eigenvalue weighted by molar-refractivity contribution is 6.51. The van der Waals surface area contributed by atoms with E-state index in [4.69, 9.17) is 0 Å².